The summed E-state index contributed by atoms with van der Waals surface area (Å²) in [5, 5.41) is 3.36. The Hall–Kier alpha value is -3.67. The van der Waals surface area contributed by atoms with Crippen LogP contribution in [0.3, 0.4) is 0 Å². The highest BCUT2D eigenvalue weighted by atomic mass is 32.2. The molecule has 1 aromatic heterocycles. The number of amides is 2. The summed E-state index contributed by atoms with van der Waals surface area (Å²) < 4.78 is 17.1. The number of methoxy groups -OCH3 is 1. The predicted octanol–water partition coefficient (Wildman–Crippen LogP) is 6.48. The lowest BCUT2D eigenvalue weighted by atomic mass is 9.88. The van der Waals surface area contributed by atoms with E-state index in [9.17, 15) is 14.4 Å². The Morgan fingerprint density at radius 3 is 2.69 bits per heavy atom. The quantitative estimate of drug-likeness (QED) is 0.165. The molecule has 218 valence electrons. The monoisotopic (exact) mass is 622 g/mol. The average molecular weight is 623 g/mol. The number of carbonyl (C=O) groups excluding carboxylic acids is 3. The molecule has 11 heteroatoms. The van der Waals surface area contributed by atoms with Crippen molar-refractivity contribution in [2.45, 2.75) is 33.1 Å². The SMILES string of the molecule is CCOC(=O)c1c(NC(=O)COc2ccc(/C=C3\SC(=S)N(c4ccccc4)C3=O)cc2OC)sc2c1CCC(C)C2. The first-order chi connectivity index (χ1) is 20.3. The van der Waals surface area contributed by atoms with Crippen LogP contribution in [0.5, 0.6) is 11.5 Å². The van der Waals surface area contributed by atoms with Crippen molar-refractivity contribution in [1.29, 1.82) is 0 Å². The van der Waals surface area contributed by atoms with Gasteiger partial charge in [0.1, 0.15) is 5.00 Å². The molecule has 0 radical (unpaired) electrons. The number of nitrogens with zero attached hydrogens (tertiary/aromatic N) is 1. The molecule has 2 aliphatic rings. The minimum atomic E-state index is -0.418. The third-order valence-electron chi connectivity index (χ3n) is 6.90. The van der Waals surface area contributed by atoms with Crippen LogP contribution in [-0.2, 0) is 27.2 Å². The fraction of sp³-hybridized carbons (Fsp3) is 0.290. The lowest BCUT2D eigenvalue weighted by Gasteiger charge is -2.18. The maximum absolute atomic E-state index is 13.1. The molecule has 2 amide bonds. The van der Waals surface area contributed by atoms with Crippen LogP contribution in [0.2, 0.25) is 0 Å². The number of benzene rings is 2. The normalized spacial score (nSPS) is 17.3. The Morgan fingerprint density at radius 1 is 1.17 bits per heavy atom. The van der Waals surface area contributed by atoms with Gasteiger partial charge < -0.3 is 19.5 Å². The Balaban J connectivity index is 1.27. The molecule has 0 bridgehead atoms. The van der Waals surface area contributed by atoms with Gasteiger partial charge in [-0.05, 0) is 73.6 Å². The van der Waals surface area contributed by atoms with Gasteiger partial charge in [-0.1, -0.05) is 55.2 Å². The molecular weight excluding hydrogens is 593 g/mol. The van der Waals surface area contributed by atoms with Crippen LogP contribution in [0.25, 0.3) is 6.08 Å². The van der Waals surface area contributed by atoms with Crippen molar-refractivity contribution in [2.75, 3.05) is 30.5 Å². The molecular formula is C31H30N2O6S3. The average Bonchev–Trinajstić information content (AvgIpc) is 3.47. The van der Waals surface area contributed by atoms with Crippen molar-refractivity contribution in [3.05, 3.63) is 75.0 Å². The minimum Gasteiger partial charge on any atom is -0.493 e. The molecule has 1 atom stereocenters. The van der Waals surface area contributed by atoms with Crippen molar-refractivity contribution in [1.82, 2.24) is 0 Å². The standard InChI is InChI=1S/C31H30N2O6S3/c1-4-38-30(36)27-21-12-10-18(2)14-24(21)41-28(27)32-26(34)17-39-22-13-11-19(15-23(22)37-3)16-25-29(35)33(31(40)42-25)20-8-6-5-7-9-20/h5-9,11,13,15-16,18H,4,10,12,14,17H2,1-3H3,(H,32,34)/b25-16-. The lowest BCUT2D eigenvalue weighted by Crippen LogP contribution is -2.27. The number of thioether (sulfide) groups is 1. The van der Waals surface area contributed by atoms with Gasteiger partial charge in [-0.3, -0.25) is 14.5 Å². The van der Waals surface area contributed by atoms with Crippen LogP contribution >= 0.6 is 35.3 Å². The van der Waals surface area contributed by atoms with Crippen LogP contribution in [0, 0.1) is 5.92 Å². The number of anilines is 2. The maximum Gasteiger partial charge on any atom is 0.341 e. The van der Waals surface area contributed by atoms with E-state index in [0.717, 1.165) is 41.0 Å². The van der Waals surface area contributed by atoms with Crippen LogP contribution in [0.15, 0.2) is 53.4 Å². The molecule has 0 spiro atoms. The van der Waals surface area contributed by atoms with Crippen molar-refractivity contribution < 1.29 is 28.6 Å². The Bertz CT molecular complexity index is 1570. The fourth-order valence-corrected chi connectivity index (χ4v) is 7.59. The number of para-hydroxylation sites is 1. The second-order valence-electron chi connectivity index (χ2n) is 9.88. The zero-order valence-electron chi connectivity index (χ0n) is 23.4. The number of nitrogens with one attached hydrogen (secondary N) is 1. The summed E-state index contributed by atoms with van der Waals surface area (Å²) in [4.78, 5) is 41.9. The zero-order chi connectivity index (χ0) is 29.8. The van der Waals surface area contributed by atoms with E-state index in [1.165, 1.54) is 35.1 Å². The van der Waals surface area contributed by atoms with E-state index in [1.54, 1.807) is 31.2 Å². The van der Waals surface area contributed by atoms with Gasteiger partial charge in [0.05, 0.1) is 29.9 Å². The van der Waals surface area contributed by atoms with Gasteiger partial charge in [-0.2, -0.15) is 0 Å². The van der Waals surface area contributed by atoms with Crippen LogP contribution in [0.4, 0.5) is 10.7 Å². The molecule has 1 aliphatic carbocycles. The second-order valence-corrected chi connectivity index (χ2v) is 12.7. The number of rotatable bonds is 9. The van der Waals surface area contributed by atoms with Crippen molar-refractivity contribution in [2.24, 2.45) is 5.92 Å². The van der Waals surface area contributed by atoms with Gasteiger partial charge in [-0.25, -0.2) is 4.79 Å². The Morgan fingerprint density at radius 2 is 1.95 bits per heavy atom. The van der Waals surface area contributed by atoms with Gasteiger partial charge >= 0.3 is 5.97 Å². The van der Waals surface area contributed by atoms with Gasteiger partial charge in [0.15, 0.2) is 22.4 Å². The van der Waals surface area contributed by atoms with E-state index in [1.807, 2.05) is 30.3 Å². The number of carbonyl (C=O) groups is 3. The summed E-state index contributed by atoms with van der Waals surface area (Å²) >= 11 is 8.12. The third kappa shape index (κ3) is 6.38. The largest absolute Gasteiger partial charge is 0.493 e. The summed E-state index contributed by atoms with van der Waals surface area (Å²) in [6, 6.07) is 14.5. The molecule has 1 N–H and O–H groups in total. The smallest absolute Gasteiger partial charge is 0.341 e. The molecule has 3 aromatic rings. The summed E-state index contributed by atoms with van der Waals surface area (Å²) in [5.41, 5.74) is 2.87. The highest BCUT2D eigenvalue weighted by Gasteiger charge is 2.33. The number of ether oxygens (including phenoxy) is 3. The predicted molar refractivity (Wildman–Crippen MR) is 171 cm³/mol. The summed E-state index contributed by atoms with van der Waals surface area (Å²) in [7, 11) is 1.50. The van der Waals surface area contributed by atoms with Gasteiger partial charge in [0, 0.05) is 4.88 Å². The Kier molecular flexibility index (Phi) is 9.30. The van der Waals surface area contributed by atoms with E-state index < -0.39 is 11.9 Å². The molecule has 1 fully saturated rings. The summed E-state index contributed by atoms with van der Waals surface area (Å²) in [6.45, 7) is 3.92. The van der Waals surface area contributed by atoms with Crippen LogP contribution in [-0.4, -0.2) is 42.4 Å². The van der Waals surface area contributed by atoms with Crippen LogP contribution in [0.1, 0.15) is 46.6 Å². The van der Waals surface area contributed by atoms with Crippen molar-refractivity contribution >= 4 is 74.2 Å². The number of thiophene rings is 1. The Labute approximate surface area is 258 Å². The number of hydrogen-bond donors (Lipinski definition) is 1. The van der Waals surface area contributed by atoms with E-state index in [2.05, 4.69) is 12.2 Å². The number of thiocarbonyl (C=S) groups is 1. The highest BCUT2D eigenvalue weighted by Crippen LogP contribution is 2.40. The van der Waals surface area contributed by atoms with Gasteiger partial charge in [0.25, 0.3) is 11.8 Å². The molecule has 2 aromatic carbocycles. The van der Waals surface area contributed by atoms with Gasteiger partial charge in [-0.15, -0.1) is 11.3 Å². The molecule has 0 saturated carbocycles. The van der Waals surface area contributed by atoms with E-state index in [0.29, 0.717) is 37.2 Å². The first-order valence-electron chi connectivity index (χ1n) is 13.5. The molecule has 1 unspecified atom stereocenters. The number of hydrogen-bond acceptors (Lipinski definition) is 9. The molecule has 8 nitrogen and oxygen atoms in total. The number of esters is 1. The highest BCUT2D eigenvalue weighted by molar-refractivity contribution is 8.27. The van der Waals surface area contributed by atoms with E-state index >= 15 is 0 Å². The minimum absolute atomic E-state index is 0.195. The maximum atomic E-state index is 13.1. The topological polar surface area (TPSA) is 94.2 Å². The third-order valence-corrected chi connectivity index (χ3v) is 9.37. The van der Waals surface area contributed by atoms with Crippen molar-refractivity contribution in [3.8, 4) is 11.5 Å². The van der Waals surface area contributed by atoms with Crippen molar-refractivity contribution in [3.63, 3.8) is 0 Å². The molecule has 1 aliphatic heterocycles. The fourth-order valence-electron chi connectivity index (χ4n) is 4.88. The van der Waals surface area contributed by atoms with Crippen LogP contribution < -0.4 is 19.7 Å². The molecule has 42 heavy (non-hydrogen) atoms. The summed E-state index contributed by atoms with van der Waals surface area (Å²) in [6.07, 6.45) is 4.40. The molecule has 1 saturated heterocycles. The second kappa shape index (κ2) is 13.1. The zero-order valence-corrected chi connectivity index (χ0v) is 25.9. The van der Waals surface area contributed by atoms with E-state index in [-0.39, 0.29) is 19.1 Å². The first-order valence-corrected chi connectivity index (χ1v) is 15.6. The van der Waals surface area contributed by atoms with Gasteiger partial charge in [0.2, 0.25) is 0 Å². The molecule has 2 heterocycles. The summed E-state index contributed by atoms with van der Waals surface area (Å²) in [5.74, 6) is 0.282. The van der Waals surface area contributed by atoms with E-state index in [4.69, 9.17) is 26.4 Å². The molecule has 5 rings (SSSR count). The lowest BCUT2D eigenvalue weighted by molar-refractivity contribution is -0.118. The first kappa shape index (κ1) is 29.8. The number of fused-ring (bicyclic) bond motifs is 1.